The molecule has 36 heavy (non-hydrogen) atoms. The van der Waals surface area contributed by atoms with Crippen LogP contribution in [0.5, 0.6) is 5.88 Å². The first-order valence-corrected chi connectivity index (χ1v) is 11.9. The second kappa shape index (κ2) is 11.1. The summed E-state index contributed by atoms with van der Waals surface area (Å²) in [7, 11) is 0. The highest BCUT2D eigenvalue weighted by molar-refractivity contribution is 5.96. The maximum atomic E-state index is 13.1. The van der Waals surface area contributed by atoms with Crippen LogP contribution in [0.25, 0.3) is 5.69 Å². The monoisotopic (exact) mass is 499 g/mol. The Morgan fingerprint density at radius 3 is 2.28 bits per heavy atom. The lowest BCUT2D eigenvalue weighted by Crippen LogP contribution is -2.55. The second-order valence-corrected chi connectivity index (χ2v) is 8.84. The summed E-state index contributed by atoms with van der Waals surface area (Å²) in [5.74, 6) is -1.77. The fourth-order valence-corrected chi connectivity index (χ4v) is 4.07. The van der Waals surface area contributed by atoms with Gasteiger partial charge in [-0.15, -0.1) is 0 Å². The highest BCUT2D eigenvalue weighted by atomic mass is 16.5. The highest BCUT2D eigenvalue weighted by Gasteiger charge is 2.31. The molecule has 2 fully saturated rings. The molecule has 12 heteroatoms. The number of hydrogen-bond donors (Lipinski definition) is 3. The summed E-state index contributed by atoms with van der Waals surface area (Å²) in [6.07, 6.45) is 1.47. The van der Waals surface area contributed by atoms with Gasteiger partial charge < -0.3 is 30.1 Å². The van der Waals surface area contributed by atoms with E-state index in [0.717, 1.165) is 19.3 Å². The average molecular weight is 500 g/mol. The maximum Gasteiger partial charge on any atom is 0.407 e. The first kappa shape index (κ1) is 25.0. The molecule has 2 aromatic rings. The third kappa shape index (κ3) is 5.93. The predicted molar refractivity (Wildman–Crippen MR) is 126 cm³/mol. The number of rotatable bonds is 9. The number of aliphatic carboxylic acids is 1. The molecule has 1 aliphatic heterocycles. The van der Waals surface area contributed by atoms with Gasteiger partial charge in [-0.2, -0.15) is 5.10 Å². The summed E-state index contributed by atoms with van der Waals surface area (Å²) in [5, 5.41) is 25.3. The van der Waals surface area contributed by atoms with Crippen molar-refractivity contribution < 1.29 is 34.1 Å². The molecular weight excluding hydrogens is 470 g/mol. The normalized spacial score (nSPS) is 16.7. The molecule has 0 radical (unpaired) electrons. The molecule has 12 nitrogen and oxygen atoms in total. The lowest BCUT2D eigenvalue weighted by molar-refractivity contribution is -0.138. The van der Waals surface area contributed by atoms with Gasteiger partial charge in [0, 0.05) is 38.7 Å². The quantitative estimate of drug-likeness (QED) is 0.470. The molecule has 192 valence electrons. The zero-order chi connectivity index (χ0) is 25.7. The predicted octanol–water partition coefficient (Wildman–Crippen LogP) is 1.59. The van der Waals surface area contributed by atoms with E-state index in [0.29, 0.717) is 11.6 Å². The molecule has 2 aliphatic rings. The van der Waals surface area contributed by atoms with Crippen LogP contribution in [-0.2, 0) is 9.59 Å². The van der Waals surface area contributed by atoms with Crippen molar-refractivity contribution in [3.05, 3.63) is 42.1 Å². The van der Waals surface area contributed by atoms with Crippen molar-refractivity contribution in [2.75, 3.05) is 26.2 Å². The summed E-state index contributed by atoms with van der Waals surface area (Å²) in [5.41, 5.74) is 0.748. The summed E-state index contributed by atoms with van der Waals surface area (Å²) < 4.78 is 7.57. The first-order valence-electron chi connectivity index (χ1n) is 11.9. The van der Waals surface area contributed by atoms with E-state index in [2.05, 4.69) is 10.4 Å². The van der Waals surface area contributed by atoms with Crippen LogP contribution >= 0.6 is 0 Å². The zero-order valence-corrected chi connectivity index (χ0v) is 19.7. The van der Waals surface area contributed by atoms with Crippen LogP contribution in [0.1, 0.15) is 42.6 Å². The zero-order valence-electron chi connectivity index (χ0n) is 19.7. The molecule has 3 amide bonds. The SMILES string of the molecule is O=C(O)CC[C@H](NC(=O)c1cc(OC2CCC2)n(-c2ccccc2)n1)C(=O)N1CCN(C(=O)O)CC1. The fourth-order valence-electron chi connectivity index (χ4n) is 4.07. The number of ether oxygens (including phenoxy) is 1. The fraction of sp³-hybridized carbons (Fsp3) is 0.458. The Morgan fingerprint density at radius 2 is 1.69 bits per heavy atom. The Kier molecular flexibility index (Phi) is 7.71. The number of carbonyl (C=O) groups excluding carboxylic acids is 2. The number of piperazine rings is 1. The molecule has 4 rings (SSSR count). The lowest BCUT2D eigenvalue weighted by Gasteiger charge is -2.35. The van der Waals surface area contributed by atoms with Gasteiger partial charge in [-0.05, 0) is 37.8 Å². The van der Waals surface area contributed by atoms with Crippen LogP contribution in [0.3, 0.4) is 0 Å². The molecule has 1 saturated carbocycles. The van der Waals surface area contributed by atoms with Crippen molar-refractivity contribution in [1.82, 2.24) is 24.9 Å². The number of carbonyl (C=O) groups is 4. The molecule has 1 aliphatic carbocycles. The van der Waals surface area contributed by atoms with Gasteiger partial charge in [0.15, 0.2) is 5.69 Å². The average Bonchev–Trinajstić information content (AvgIpc) is 3.28. The number of hydrogen-bond acceptors (Lipinski definition) is 6. The van der Waals surface area contributed by atoms with Gasteiger partial charge in [0.2, 0.25) is 11.8 Å². The van der Waals surface area contributed by atoms with Crippen LogP contribution in [-0.4, -0.2) is 92.0 Å². The molecule has 0 unspecified atom stereocenters. The molecule has 2 heterocycles. The topological polar surface area (TPSA) is 154 Å². The van der Waals surface area contributed by atoms with Crippen LogP contribution in [0.2, 0.25) is 0 Å². The summed E-state index contributed by atoms with van der Waals surface area (Å²) in [6.45, 7) is 0.604. The van der Waals surface area contributed by atoms with E-state index in [1.54, 1.807) is 0 Å². The van der Waals surface area contributed by atoms with E-state index in [4.69, 9.17) is 14.9 Å². The van der Waals surface area contributed by atoms with E-state index in [1.165, 1.54) is 20.5 Å². The standard InChI is InChI=1S/C24H29N5O7/c30-21(31)10-9-18(23(33)27-11-13-28(14-12-27)24(34)35)25-22(32)19-15-20(36-17-7-4-8-17)29(26-19)16-5-2-1-3-6-16/h1-3,5-6,15,17-18H,4,7-14H2,(H,25,32)(H,30,31)(H,34,35)/t18-/m0/s1. The second-order valence-electron chi connectivity index (χ2n) is 8.84. The van der Waals surface area contributed by atoms with Crippen molar-refractivity contribution in [3.8, 4) is 11.6 Å². The van der Waals surface area contributed by atoms with E-state index >= 15 is 0 Å². The number of nitrogens with one attached hydrogen (secondary N) is 1. The summed E-state index contributed by atoms with van der Waals surface area (Å²) in [6, 6.07) is 9.63. The number of carboxylic acid groups (broad SMARTS) is 2. The highest BCUT2D eigenvalue weighted by Crippen LogP contribution is 2.27. The van der Waals surface area contributed by atoms with Gasteiger partial charge in [-0.1, -0.05) is 18.2 Å². The van der Waals surface area contributed by atoms with Gasteiger partial charge in [0.05, 0.1) is 5.69 Å². The lowest BCUT2D eigenvalue weighted by atomic mass is 9.96. The molecule has 0 spiro atoms. The minimum absolute atomic E-state index is 0.0389. The third-order valence-corrected chi connectivity index (χ3v) is 6.36. The van der Waals surface area contributed by atoms with E-state index < -0.39 is 29.9 Å². The van der Waals surface area contributed by atoms with Crippen LogP contribution in [0, 0.1) is 0 Å². The van der Waals surface area contributed by atoms with Crippen LogP contribution in [0.15, 0.2) is 36.4 Å². The minimum atomic E-state index is -1.10. The number of carboxylic acids is 1. The minimum Gasteiger partial charge on any atom is -0.481 e. The Labute approximate surface area is 207 Å². The molecule has 3 N–H and O–H groups in total. The maximum absolute atomic E-state index is 13.1. The van der Waals surface area contributed by atoms with Gasteiger partial charge in [0.1, 0.15) is 12.1 Å². The number of aromatic nitrogens is 2. The Balaban J connectivity index is 1.51. The number of amides is 3. The third-order valence-electron chi connectivity index (χ3n) is 6.36. The molecule has 0 bridgehead atoms. The van der Waals surface area contributed by atoms with E-state index in [9.17, 15) is 19.2 Å². The van der Waals surface area contributed by atoms with Crippen molar-refractivity contribution in [2.24, 2.45) is 0 Å². The van der Waals surface area contributed by atoms with Crippen molar-refractivity contribution >= 4 is 23.9 Å². The van der Waals surface area contributed by atoms with Crippen molar-refractivity contribution in [2.45, 2.75) is 44.2 Å². The van der Waals surface area contributed by atoms with Gasteiger partial charge in [-0.3, -0.25) is 14.4 Å². The van der Waals surface area contributed by atoms with Crippen molar-refractivity contribution in [3.63, 3.8) is 0 Å². The van der Waals surface area contributed by atoms with Gasteiger partial charge in [0.25, 0.3) is 5.91 Å². The number of benzene rings is 1. The smallest absolute Gasteiger partial charge is 0.407 e. The molecular formula is C24H29N5O7. The van der Waals surface area contributed by atoms with Gasteiger partial charge >= 0.3 is 12.1 Å². The van der Waals surface area contributed by atoms with Crippen LogP contribution < -0.4 is 10.1 Å². The number of para-hydroxylation sites is 1. The van der Waals surface area contributed by atoms with Crippen molar-refractivity contribution in [1.29, 1.82) is 0 Å². The Morgan fingerprint density at radius 1 is 1.03 bits per heavy atom. The molecule has 1 aromatic heterocycles. The Hall–Kier alpha value is -4.09. The number of nitrogens with zero attached hydrogens (tertiary/aromatic N) is 4. The molecule has 1 saturated heterocycles. The molecule has 1 atom stereocenters. The summed E-state index contributed by atoms with van der Waals surface area (Å²) in [4.78, 5) is 51.3. The first-order chi connectivity index (χ1) is 17.3. The van der Waals surface area contributed by atoms with E-state index in [-0.39, 0.29) is 50.8 Å². The van der Waals surface area contributed by atoms with Gasteiger partial charge in [-0.25, -0.2) is 9.48 Å². The Bertz CT molecular complexity index is 1110. The molecule has 1 aromatic carbocycles. The van der Waals surface area contributed by atoms with E-state index in [1.807, 2.05) is 30.3 Å². The largest absolute Gasteiger partial charge is 0.481 e. The summed E-state index contributed by atoms with van der Waals surface area (Å²) >= 11 is 0. The van der Waals surface area contributed by atoms with Crippen LogP contribution in [0.4, 0.5) is 4.79 Å².